The van der Waals surface area contributed by atoms with Gasteiger partial charge in [0.1, 0.15) is 5.82 Å². The number of nitrogens with zero attached hydrogens (tertiary/aromatic N) is 1. The second kappa shape index (κ2) is 6.34. The SMILES string of the molecule is COC(=O)c1occc1CN(C)Cc1ccccc1F. The number of rotatable bonds is 5. The molecule has 0 fully saturated rings. The molecule has 0 amide bonds. The maximum Gasteiger partial charge on any atom is 0.374 e. The molecule has 1 heterocycles. The Kier molecular flexibility index (Phi) is 4.53. The number of halogens is 1. The van der Waals surface area contributed by atoms with Gasteiger partial charge in [-0.15, -0.1) is 0 Å². The number of esters is 1. The largest absolute Gasteiger partial charge is 0.463 e. The van der Waals surface area contributed by atoms with Crippen LogP contribution in [-0.2, 0) is 17.8 Å². The molecule has 0 atom stereocenters. The number of methoxy groups -OCH3 is 1. The van der Waals surface area contributed by atoms with Crippen molar-refractivity contribution in [2.24, 2.45) is 0 Å². The van der Waals surface area contributed by atoms with Gasteiger partial charge in [0.25, 0.3) is 0 Å². The normalized spacial score (nSPS) is 10.8. The second-order valence-corrected chi connectivity index (χ2v) is 4.53. The van der Waals surface area contributed by atoms with E-state index in [-0.39, 0.29) is 11.6 Å². The van der Waals surface area contributed by atoms with Crippen LogP contribution in [0.5, 0.6) is 0 Å². The van der Waals surface area contributed by atoms with Gasteiger partial charge in [0, 0.05) is 24.2 Å². The molecule has 0 aliphatic carbocycles. The van der Waals surface area contributed by atoms with Gasteiger partial charge in [0.05, 0.1) is 13.4 Å². The Hall–Kier alpha value is -2.14. The zero-order valence-electron chi connectivity index (χ0n) is 11.4. The van der Waals surface area contributed by atoms with Crippen molar-refractivity contribution < 1.29 is 18.3 Å². The highest BCUT2D eigenvalue weighted by Gasteiger charge is 2.17. The van der Waals surface area contributed by atoms with E-state index in [1.807, 2.05) is 11.9 Å². The number of hydrogen-bond donors (Lipinski definition) is 0. The molecule has 2 rings (SSSR count). The summed E-state index contributed by atoms with van der Waals surface area (Å²) in [4.78, 5) is 13.4. The lowest BCUT2D eigenvalue weighted by molar-refractivity contribution is 0.0562. The Labute approximate surface area is 116 Å². The van der Waals surface area contributed by atoms with Crippen molar-refractivity contribution in [1.82, 2.24) is 4.90 Å². The summed E-state index contributed by atoms with van der Waals surface area (Å²) in [5, 5.41) is 0. The van der Waals surface area contributed by atoms with Gasteiger partial charge in [0.15, 0.2) is 0 Å². The summed E-state index contributed by atoms with van der Waals surface area (Å²) in [5.74, 6) is -0.558. The van der Waals surface area contributed by atoms with Crippen LogP contribution in [0.25, 0.3) is 0 Å². The molecule has 0 aliphatic rings. The molecular formula is C15H16FNO3. The van der Waals surface area contributed by atoms with E-state index in [9.17, 15) is 9.18 Å². The fraction of sp³-hybridized carbons (Fsp3) is 0.267. The van der Waals surface area contributed by atoms with Crippen LogP contribution in [-0.4, -0.2) is 25.0 Å². The highest BCUT2D eigenvalue weighted by molar-refractivity contribution is 5.87. The molecule has 0 N–H and O–H groups in total. The first-order valence-corrected chi connectivity index (χ1v) is 6.18. The average molecular weight is 277 g/mol. The molecule has 0 saturated heterocycles. The van der Waals surface area contributed by atoms with Crippen LogP contribution in [0.15, 0.2) is 41.0 Å². The quantitative estimate of drug-likeness (QED) is 0.788. The maximum atomic E-state index is 13.6. The summed E-state index contributed by atoms with van der Waals surface area (Å²) >= 11 is 0. The number of furan rings is 1. The molecule has 106 valence electrons. The van der Waals surface area contributed by atoms with Crippen LogP contribution in [0.4, 0.5) is 4.39 Å². The van der Waals surface area contributed by atoms with Gasteiger partial charge in [-0.2, -0.15) is 0 Å². The van der Waals surface area contributed by atoms with E-state index < -0.39 is 5.97 Å². The Morgan fingerprint density at radius 3 is 2.65 bits per heavy atom. The Bertz CT molecular complexity index is 594. The van der Waals surface area contributed by atoms with Crippen molar-refractivity contribution in [3.05, 3.63) is 59.3 Å². The van der Waals surface area contributed by atoms with Crippen molar-refractivity contribution in [3.63, 3.8) is 0 Å². The highest BCUT2D eigenvalue weighted by Crippen LogP contribution is 2.16. The van der Waals surface area contributed by atoms with Crippen molar-refractivity contribution >= 4 is 5.97 Å². The van der Waals surface area contributed by atoms with Crippen LogP contribution in [0.1, 0.15) is 21.7 Å². The third kappa shape index (κ3) is 3.24. The molecule has 20 heavy (non-hydrogen) atoms. The van der Waals surface area contributed by atoms with E-state index in [1.165, 1.54) is 19.4 Å². The fourth-order valence-corrected chi connectivity index (χ4v) is 2.00. The standard InChI is InChI=1S/C15H16FNO3/c1-17(9-11-5-3-4-6-13(11)16)10-12-7-8-20-14(12)15(18)19-2/h3-8H,9-10H2,1-2H3. The summed E-state index contributed by atoms with van der Waals surface area (Å²) in [6.07, 6.45) is 1.44. The van der Waals surface area contributed by atoms with E-state index in [1.54, 1.807) is 24.3 Å². The first kappa shape index (κ1) is 14.3. The molecule has 0 radical (unpaired) electrons. The summed E-state index contributed by atoms with van der Waals surface area (Å²) in [6, 6.07) is 8.33. The van der Waals surface area contributed by atoms with Crippen LogP contribution in [0.2, 0.25) is 0 Å². The summed E-state index contributed by atoms with van der Waals surface area (Å²) in [7, 11) is 3.15. The van der Waals surface area contributed by atoms with Crippen molar-refractivity contribution in [2.75, 3.05) is 14.2 Å². The van der Waals surface area contributed by atoms with E-state index in [0.717, 1.165) is 5.56 Å². The molecule has 0 saturated carbocycles. The Balaban J connectivity index is 2.05. The second-order valence-electron chi connectivity index (χ2n) is 4.53. The lowest BCUT2D eigenvalue weighted by Crippen LogP contribution is -2.19. The molecule has 0 bridgehead atoms. The van der Waals surface area contributed by atoms with Gasteiger partial charge in [-0.05, 0) is 19.2 Å². The van der Waals surface area contributed by atoms with Gasteiger partial charge in [-0.25, -0.2) is 9.18 Å². The minimum Gasteiger partial charge on any atom is -0.463 e. The predicted molar refractivity (Wildman–Crippen MR) is 71.6 cm³/mol. The number of carbonyl (C=O) groups is 1. The molecule has 1 aromatic carbocycles. The van der Waals surface area contributed by atoms with E-state index in [2.05, 4.69) is 4.74 Å². The Morgan fingerprint density at radius 1 is 1.25 bits per heavy atom. The van der Waals surface area contributed by atoms with Crippen LogP contribution >= 0.6 is 0 Å². The third-order valence-electron chi connectivity index (χ3n) is 2.96. The first-order chi connectivity index (χ1) is 9.61. The number of ether oxygens (including phenoxy) is 1. The molecule has 1 aromatic heterocycles. The van der Waals surface area contributed by atoms with E-state index in [0.29, 0.717) is 18.7 Å². The Morgan fingerprint density at radius 2 is 1.95 bits per heavy atom. The maximum absolute atomic E-state index is 13.6. The molecular weight excluding hydrogens is 261 g/mol. The van der Waals surface area contributed by atoms with Crippen LogP contribution in [0.3, 0.4) is 0 Å². The van der Waals surface area contributed by atoms with Crippen LogP contribution in [0, 0.1) is 5.82 Å². The lowest BCUT2D eigenvalue weighted by atomic mass is 10.2. The van der Waals surface area contributed by atoms with Crippen molar-refractivity contribution in [1.29, 1.82) is 0 Å². The minimum atomic E-state index is -0.510. The van der Waals surface area contributed by atoms with E-state index >= 15 is 0 Å². The fourth-order valence-electron chi connectivity index (χ4n) is 2.00. The molecule has 5 heteroatoms. The van der Waals surface area contributed by atoms with Crippen molar-refractivity contribution in [2.45, 2.75) is 13.1 Å². The molecule has 0 unspecified atom stereocenters. The van der Waals surface area contributed by atoms with Gasteiger partial charge in [0.2, 0.25) is 5.76 Å². The highest BCUT2D eigenvalue weighted by atomic mass is 19.1. The third-order valence-corrected chi connectivity index (χ3v) is 2.96. The number of benzene rings is 1. The minimum absolute atomic E-state index is 0.188. The molecule has 2 aromatic rings. The van der Waals surface area contributed by atoms with Gasteiger partial charge >= 0.3 is 5.97 Å². The monoisotopic (exact) mass is 277 g/mol. The van der Waals surface area contributed by atoms with Crippen molar-refractivity contribution in [3.8, 4) is 0 Å². The number of carbonyl (C=O) groups excluding carboxylic acids is 1. The predicted octanol–water partition coefficient (Wildman–Crippen LogP) is 2.84. The summed E-state index contributed by atoms with van der Waals surface area (Å²) in [5.41, 5.74) is 1.33. The summed E-state index contributed by atoms with van der Waals surface area (Å²) in [6.45, 7) is 0.910. The van der Waals surface area contributed by atoms with Crippen LogP contribution < -0.4 is 0 Å². The zero-order chi connectivity index (χ0) is 14.5. The van der Waals surface area contributed by atoms with E-state index in [4.69, 9.17) is 4.42 Å². The average Bonchev–Trinajstić information content (AvgIpc) is 2.88. The lowest BCUT2D eigenvalue weighted by Gasteiger charge is -2.16. The zero-order valence-corrected chi connectivity index (χ0v) is 11.4. The molecule has 0 aliphatic heterocycles. The first-order valence-electron chi connectivity index (χ1n) is 6.18. The molecule has 4 nitrogen and oxygen atoms in total. The molecule has 0 spiro atoms. The smallest absolute Gasteiger partial charge is 0.374 e. The number of hydrogen-bond acceptors (Lipinski definition) is 4. The van der Waals surface area contributed by atoms with Gasteiger partial charge in [-0.3, -0.25) is 4.90 Å². The summed E-state index contributed by atoms with van der Waals surface area (Å²) < 4.78 is 23.3. The van der Waals surface area contributed by atoms with Gasteiger partial charge < -0.3 is 9.15 Å². The topological polar surface area (TPSA) is 42.7 Å². The van der Waals surface area contributed by atoms with Gasteiger partial charge in [-0.1, -0.05) is 18.2 Å².